The summed E-state index contributed by atoms with van der Waals surface area (Å²) in [5.41, 5.74) is 1.47. The second-order valence-electron chi connectivity index (χ2n) is 6.83. The van der Waals surface area contributed by atoms with E-state index < -0.39 is 0 Å². The zero-order valence-electron chi connectivity index (χ0n) is 14.3. The monoisotopic (exact) mass is 338 g/mol. The summed E-state index contributed by atoms with van der Waals surface area (Å²) in [6.45, 7) is 4.94. The Labute approximate surface area is 147 Å². The predicted molar refractivity (Wildman–Crippen MR) is 98.6 cm³/mol. The van der Waals surface area contributed by atoms with E-state index in [2.05, 4.69) is 34.5 Å². The van der Waals surface area contributed by atoms with Gasteiger partial charge in [-0.3, -0.25) is 4.90 Å². The maximum atomic E-state index is 5.31. The van der Waals surface area contributed by atoms with Crippen molar-refractivity contribution in [3.05, 3.63) is 29.8 Å². The summed E-state index contributed by atoms with van der Waals surface area (Å²) in [7, 11) is 1.74. The van der Waals surface area contributed by atoms with Crippen LogP contribution in [0.3, 0.4) is 0 Å². The Morgan fingerprint density at radius 3 is 2.48 bits per heavy atom. The van der Waals surface area contributed by atoms with E-state index in [0.29, 0.717) is 6.04 Å². The highest BCUT2D eigenvalue weighted by Gasteiger charge is 2.25. The van der Waals surface area contributed by atoms with Gasteiger partial charge in [0, 0.05) is 12.6 Å². The van der Waals surface area contributed by atoms with Crippen molar-refractivity contribution in [1.82, 2.24) is 10.2 Å². The summed E-state index contributed by atoms with van der Waals surface area (Å²) in [6, 6.07) is 9.36. The first kappa shape index (κ1) is 18.6. The van der Waals surface area contributed by atoms with E-state index in [9.17, 15) is 0 Å². The van der Waals surface area contributed by atoms with Gasteiger partial charge in [0.05, 0.1) is 7.11 Å². The van der Waals surface area contributed by atoms with E-state index >= 15 is 0 Å². The average Bonchev–Trinajstić information content (AvgIpc) is 2.81. The quantitative estimate of drug-likeness (QED) is 0.896. The Bertz CT molecular complexity index is 445. The molecule has 0 amide bonds. The van der Waals surface area contributed by atoms with E-state index in [-0.39, 0.29) is 12.4 Å². The number of methoxy groups -OCH3 is 1. The number of hydrogen-bond acceptors (Lipinski definition) is 3. The lowest BCUT2D eigenvalue weighted by Gasteiger charge is -2.35. The highest BCUT2D eigenvalue weighted by Crippen LogP contribution is 2.32. The van der Waals surface area contributed by atoms with Gasteiger partial charge in [0.2, 0.25) is 0 Å². The fourth-order valence-electron chi connectivity index (χ4n) is 3.99. The molecule has 4 heteroatoms. The number of hydrogen-bond donors (Lipinski definition) is 1. The molecule has 3 nitrogen and oxygen atoms in total. The SMILES string of the molecule is COc1ccc(C2CCCCCN2CC2CCNCC2)cc1.Cl. The molecule has 0 saturated carbocycles. The van der Waals surface area contributed by atoms with Crippen LogP contribution in [0.1, 0.15) is 50.1 Å². The van der Waals surface area contributed by atoms with Crippen LogP contribution in [0.15, 0.2) is 24.3 Å². The second kappa shape index (κ2) is 9.51. The Hall–Kier alpha value is -0.770. The molecule has 1 unspecified atom stereocenters. The van der Waals surface area contributed by atoms with Crippen LogP contribution in [0, 0.1) is 5.92 Å². The molecule has 2 fully saturated rings. The van der Waals surface area contributed by atoms with Crippen molar-refractivity contribution in [3.8, 4) is 5.75 Å². The summed E-state index contributed by atoms with van der Waals surface area (Å²) in [4.78, 5) is 2.77. The van der Waals surface area contributed by atoms with Gasteiger partial charge >= 0.3 is 0 Å². The van der Waals surface area contributed by atoms with E-state index in [1.807, 2.05) is 0 Å². The van der Waals surface area contributed by atoms with Crippen molar-refractivity contribution in [1.29, 1.82) is 0 Å². The van der Waals surface area contributed by atoms with Gasteiger partial charge in [0.15, 0.2) is 0 Å². The molecule has 0 radical (unpaired) electrons. The molecule has 1 aromatic rings. The lowest BCUT2D eigenvalue weighted by atomic mass is 9.95. The highest BCUT2D eigenvalue weighted by atomic mass is 35.5. The summed E-state index contributed by atoms with van der Waals surface area (Å²) in [5.74, 6) is 1.84. The molecule has 0 aliphatic carbocycles. The molecule has 130 valence electrons. The normalized spacial score (nSPS) is 23.8. The molecule has 0 aromatic heterocycles. The van der Waals surface area contributed by atoms with Crippen LogP contribution >= 0.6 is 12.4 Å². The molecule has 0 bridgehead atoms. The van der Waals surface area contributed by atoms with Crippen LogP contribution in [0.25, 0.3) is 0 Å². The first-order valence-corrected chi connectivity index (χ1v) is 8.95. The van der Waals surface area contributed by atoms with Gasteiger partial charge in [-0.1, -0.05) is 25.0 Å². The number of benzene rings is 1. The fraction of sp³-hybridized carbons (Fsp3) is 0.684. The zero-order valence-corrected chi connectivity index (χ0v) is 15.1. The number of nitrogens with zero attached hydrogens (tertiary/aromatic N) is 1. The maximum absolute atomic E-state index is 5.31. The molecule has 2 aliphatic rings. The topological polar surface area (TPSA) is 24.5 Å². The molecule has 0 spiro atoms. The van der Waals surface area contributed by atoms with E-state index in [0.717, 1.165) is 11.7 Å². The van der Waals surface area contributed by atoms with Crippen molar-refractivity contribution in [2.75, 3.05) is 33.3 Å². The summed E-state index contributed by atoms with van der Waals surface area (Å²) in [5, 5.41) is 3.49. The molecule has 1 atom stereocenters. The number of piperidine rings is 1. The molecule has 2 saturated heterocycles. The number of ether oxygens (including phenoxy) is 1. The Kier molecular flexibility index (Phi) is 7.68. The third kappa shape index (κ3) is 5.10. The number of halogens is 1. The minimum atomic E-state index is 0. The highest BCUT2D eigenvalue weighted by molar-refractivity contribution is 5.85. The molecule has 1 N–H and O–H groups in total. The minimum absolute atomic E-state index is 0. The summed E-state index contributed by atoms with van der Waals surface area (Å²) in [6.07, 6.45) is 8.08. The van der Waals surface area contributed by atoms with E-state index in [4.69, 9.17) is 4.74 Å². The van der Waals surface area contributed by atoms with Crippen molar-refractivity contribution in [3.63, 3.8) is 0 Å². The molecule has 1 aromatic carbocycles. The average molecular weight is 339 g/mol. The second-order valence-corrected chi connectivity index (χ2v) is 6.83. The molecule has 2 heterocycles. The van der Waals surface area contributed by atoms with Gasteiger partial charge in [0.25, 0.3) is 0 Å². The lowest BCUT2D eigenvalue weighted by molar-refractivity contribution is 0.154. The van der Waals surface area contributed by atoms with Crippen LogP contribution in [-0.4, -0.2) is 38.2 Å². The minimum Gasteiger partial charge on any atom is -0.497 e. The van der Waals surface area contributed by atoms with Crippen LogP contribution < -0.4 is 10.1 Å². The molecule has 3 rings (SSSR count). The zero-order chi connectivity index (χ0) is 15.2. The van der Waals surface area contributed by atoms with Gasteiger partial charge in [0.1, 0.15) is 5.75 Å². The first-order chi connectivity index (χ1) is 10.9. The number of likely N-dealkylation sites (tertiary alicyclic amines) is 1. The van der Waals surface area contributed by atoms with Gasteiger partial charge in [-0.05, 0) is 68.9 Å². The largest absolute Gasteiger partial charge is 0.497 e. The van der Waals surface area contributed by atoms with Crippen LogP contribution in [0.5, 0.6) is 5.75 Å². The number of nitrogens with one attached hydrogen (secondary N) is 1. The Balaban J connectivity index is 0.00000192. The molecular formula is C19H31ClN2O. The Morgan fingerprint density at radius 2 is 1.78 bits per heavy atom. The molecule has 23 heavy (non-hydrogen) atoms. The fourth-order valence-corrected chi connectivity index (χ4v) is 3.99. The number of rotatable bonds is 4. The first-order valence-electron chi connectivity index (χ1n) is 8.95. The van der Waals surface area contributed by atoms with Crippen LogP contribution in [-0.2, 0) is 0 Å². The van der Waals surface area contributed by atoms with Crippen LogP contribution in [0.2, 0.25) is 0 Å². The molecule has 2 aliphatic heterocycles. The van der Waals surface area contributed by atoms with E-state index in [1.54, 1.807) is 7.11 Å². The third-order valence-corrected chi connectivity index (χ3v) is 5.32. The van der Waals surface area contributed by atoms with Crippen molar-refractivity contribution < 1.29 is 4.74 Å². The Morgan fingerprint density at radius 1 is 1.04 bits per heavy atom. The lowest BCUT2D eigenvalue weighted by Crippen LogP contribution is -2.38. The summed E-state index contributed by atoms with van der Waals surface area (Å²) >= 11 is 0. The van der Waals surface area contributed by atoms with Gasteiger partial charge in [-0.15, -0.1) is 12.4 Å². The third-order valence-electron chi connectivity index (χ3n) is 5.32. The van der Waals surface area contributed by atoms with Crippen molar-refractivity contribution in [2.24, 2.45) is 5.92 Å². The maximum Gasteiger partial charge on any atom is 0.118 e. The van der Waals surface area contributed by atoms with Crippen LogP contribution in [0.4, 0.5) is 0 Å². The molecular weight excluding hydrogens is 308 g/mol. The predicted octanol–water partition coefficient (Wildman–Crippen LogP) is 4.03. The standard InChI is InChI=1S/C19H30N2O.ClH/c1-22-18-8-6-17(7-9-18)19-5-3-2-4-14-21(19)15-16-10-12-20-13-11-16;/h6-9,16,19-20H,2-5,10-15H2,1H3;1H. The van der Waals surface area contributed by atoms with Crippen molar-refractivity contribution in [2.45, 2.75) is 44.6 Å². The van der Waals surface area contributed by atoms with Gasteiger partial charge in [-0.25, -0.2) is 0 Å². The van der Waals surface area contributed by atoms with Gasteiger partial charge < -0.3 is 10.1 Å². The van der Waals surface area contributed by atoms with Gasteiger partial charge in [-0.2, -0.15) is 0 Å². The van der Waals surface area contributed by atoms with E-state index in [1.165, 1.54) is 70.3 Å². The smallest absolute Gasteiger partial charge is 0.118 e. The summed E-state index contributed by atoms with van der Waals surface area (Å²) < 4.78 is 5.31. The van der Waals surface area contributed by atoms with Crippen molar-refractivity contribution >= 4 is 12.4 Å².